The summed E-state index contributed by atoms with van der Waals surface area (Å²) < 4.78 is 14.6. The molecular weight excluding hydrogens is 355 g/mol. The molecule has 28 heavy (non-hydrogen) atoms. The zero-order chi connectivity index (χ0) is 20.0. The van der Waals surface area contributed by atoms with Crippen LogP contribution < -0.4 is 16.4 Å². The first-order chi connectivity index (χ1) is 13.6. The van der Waals surface area contributed by atoms with Gasteiger partial charge in [-0.1, -0.05) is 24.3 Å². The third kappa shape index (κ3) is 4.07. The largest absolute Gasteiger partial charge is 0.404 e. The molecule has 1 saturated heterocycles. The number of hydrogen-bond acceptors (Lipinski definition) is 5. The number of benzene rings is 1. The number of nitrogens with zero attached hydrogens (tertiary/aromatic N) is 1. The quantitative estimate of drug-likeness (QED) is 0.500. The summed E-state index contributed by atoms with van der Waals surface area (Å²) in [6.45, 7) is 1.83. The molecule has 0 amide bonds. The lowest BCUT2D eigenvalue weighted by Crippen LogP contribution is -2.33. The third-order valence-electron chi connectivity index (χ3n) is 5.41. The second kappa shape index (κ2) is 8.97. The van der Waals surface area contributed by atoms with E-state index in [0.29, 0.717) is 29.8 Å². The maximum atomic E-state index is 14.6. The van der Waals surface area contributed by atoms with Gasteiger partial charge in [-0.15, -0.1) is 0 Å². The Bertz CT molecular complexity index is 848. The Morgan fingerprint density at radius 1 is 1.39 bits per heavy atom. The summed E-state index contributed by atoms with van der Waals surface area (Å²) in [6.07, 6.45) is 11.0. The van der Waals surface area contributed by atoms with Crippen LogP contribution >= 0.6 is 0 Å². The van der Waals surface area contributed by atoms with Crippen molar-refractivity contribution in [1.29, 1.82) is 0 Å². The summed E-state index contributed by atoms with van der Waals surface area (Å²) in [5, 5.41) is 6.64. The van der Waals surface area contributed by atoms with Crippen molar-refractivity contribution in [2.45, 2.75) is 25.8 Å². The predicted octanol–water partition coefficient (Wildman–Crippen LogP) is 2.70. The molecule has 1 fully saturated rings. The summed E-state index contributed by atoms with van der Waals surface area (Å²) >= 11 is 0. The predicted molar refractivity (Wildman–Crippen MR) is 111 cm³/mol. The average molecular weight is 382 g/mol. The zero-order valence-corrected chi connectivity index (χ0v) is 16.2. The van der Waals surface area contributed by atoms with Crippen LogP contribution in [0.4, 0.5) is 4.39 Å². The highest BCUT2D eigenvalue weighted by Gasteiger charge is 2.39. The number of carbonyl (C=O) groups excluding carboxylic acids is 1. The van der Waals surface area contributed by atoms with E-state index in [9.17, 15) is 9.18 Å². The number of allylic oxidation sites excluding steroid dienone is 4. The molecule has 6 heteroatoms. The fraction of sp³-hybridized carbons (Fsp3) is 0.364. The van der Waals surface area contributed by atoms with Crippen LogP contribution in [0.25, 0.3) is 5.57 Å². The van der Waals surface area contributed by atoms with Gasteiger partial charge in [0, 0.05) is 49.4 Å². The molecule has 1 aliphatic heterocycles. The lowest BCUT2D eigenvalue weighted by atomic mass is 9.77. The smallest absolute Gasteiger partial charge is 0.131 e. The van der Waals surface area contributed by atoms with Gasteiger partial charge < -0.3 is 21.2 Å². The molecule has 1 heterocycles. The van der Waals surface area contributed by atoms with Gasteiger partial charge in [0.25, 0.3) is 0 Å². The number of carbonyl (C=O) groups is 1. The minimum absolute atomic E-state index is 0.302. The molecule has 0 spiro atoms. The van der Waals surface area contributed by atoms with Crippen molar-refractivity contribution in [3.8, 4) is 0 Å². The maximum Gasteiger partial charge on any atom is 0.131 e. The highest BCUT2D eigenvalue weighted by Crippen LogP contribution is 2.38. The first-order valence-corrected chi connectivity index (χ1v) is 9.58. The number of nitrogens with one attached hydrogen (secondary N) is 2. The van der Waals surface area contributed by atoms with E-state index in [0.717, 1.165) is 43.4 Å². The van der Waals surface area contributed by atoms with Crippen LogP contribution in [-0.2, 0) is 11.3 Å². The number of nitrogens with two attached hydrogens (primary N) is 1. The minimum Gasteiger partial charge on any atom is -0.404 e. The standard InChI is InChI=1S/C22H27FN4O/c1-25-12-18(11-24)16-6-7-17(20(23)10-16)13-27-21-5-3-2-4-19(21)22(15-28)8-9-26-14-22/h4-7,10-12,15,26-27H,2-3,8-9,13-14,24H2,1H3/b18-11+,25-12?. The SMILES string of the molecule is CN=C/C(=C\N)c1ccc(CNC2=CCCC=C2C2(C=O)CCNC2)c(F)c1. The van der Waals surface area contributed by atoms with E-state index in [-0.39, 0.29) is 5.82 Å². The van der Waals surface area contributed by atoms with Crippen LogP contribution in [0.2, 0.25) is 0 Å². The molecule has 3 rings (SSSR count). The van der Waals surface area contributed by atoms with Crippen LogP contribution in [0.15, 0.2) is 52.8 Å². The first kappa shape index (κ1) is 20.0. The average Bonchev–Trinajstić information content (AvgIpc) is 3.21. The Kier molecular flexibility index (Phi) is 6.41. The molecule has 0 radical (unpaired) electrons. The van der Waals surface area contributed by atoms with Crippen molar-refractivity contribution >= 4 is 18.1 Å². The molecule has 0 saturated carbocycles. The Morgan fingerprint density at radius 2 is 2.21 bits per heavy atom. The van der Waals surface area contributed by atoms with Crippen molar-refractivity contribution in [2.75, 3.05) is 20.1 Å². The maximum absolute atomic E-state index is 14.6. The summed E-state index contributed by atoms with van der Waals surface area (Å²) in [6, 6.07) is 5.06. The van der Waals surface area contributed by atoms with Gasteiger partial charge in [-0.2, -0.15) is 0 Å². The molecule has 1 aromatic rings. The van der Waals surface area contributed by atoms with Crippen LogP contribution in [0.3, 0.4) is 0 Å². The van der Waals surface area contributed by atoms with Crippen molar-refractivity contribution < 1.29 is 9.18 Å². The normalized spacial score (nSPS) is 22.9. The monoisotopic (exact) mass is 382 g/mol. The molecule has 5 nitrogen and oxygen atoms in total. The summed E-state index contributed by atoms with van der Waals surface area (Å²) in [4.78, 5) is 15.8. The molecular formula is C22H27FN4O. The number of halogens is 1. The van der Waals surface area contributed by atoms with Gasteiger partial charge in [0.1, 0.15) is 12.1 Å². The van der Waals surface area contributed by atoms with Gasteiger partial charge in [0.15, 0.2) is 0 Å². The highest BCUT2D eigenvalue weighted by atomic mass is 19.1. The van der Waals surface area contributed by atoms with Crippen LogP contribution in [0.5, 0.6) is 0 Å². The van der Waals surface area contributed by atoms with E-state index >= 15 is 0 Å². The lowest BCUT2D eigenvalue weighted by Gasteiger charge is -2.30. The second-order valence-corrected chi connectivity index (χ2v) is 7.18. The number of rotatable bonds is 7. The molecule has 1 atom stereocenters. The summed E-state index contributed by atoms with van der Waals surface area (Å²) in [5.41, 5.74) is 9.00. The molecule has 2 aliphatic rings. The van der Waals surface area contributed by atoms with Gasteiger partial charge in [0.05, 0.1) is 5.41 Å². The van der Waals surface area contributed by atoms with Crippen LogP contribution in [0.1, 0.15) is 30.4 Å². The zero-order valence-electron chi connectivity index (χ0n) is 16.2. The Morgan fingerprint density at radius 3 is 2.86 bits per heavy atom. The van der Waals surface area contributed by atoms with Gasteiger partial charge in [-0.3, -0.25) is 4.99 Å². The van der Waals surface area contributed by atoms with Crippen LogP contribution in [0, 0.1) is 11.2 Å². The van der Waals surface area contributed by atoms with Crippen LogP contribution in [-0.4, -0.2) is 32.6 Å². The van der Waals surface area contributed by atoms with Crippen molar-refractivity contribution in [1.82, 2.24) is 10.6 Å². The molecule has 148 valence electrons. The van der Waals surface area contributed by atoms with E-state index in [1.54, 1.807) is 19.3 Å². The minimum atomic E-state index is -0.484. The van der Waals surface area contributed by atoms with Gasteiger partial charge >= 0.3 is 0 Å². The molecule has 0 aromatic heterocycles. The van der Waals surface area contributed by atoms with E-state index in [4.69, 9.17) is 5.73 Å². The first-order valence-electron chi connectivity index (χ1n) is 9.58. The van der Waals surface area contributed by atoms with E-state index < -0.39 is 5.41 Å². The second-order valence-electron chi connectivity index (χ2n) is 7.18. The van der Waals surface area contributed by atoms with Crippen molar-refractivity contribution in [3.05, 3.63) is 64.8 Å². The Labute approximate surface area is 165 Å². The van der Waals surface area contributed by atoms with Gasteiger partial charge in [-0.25, -0.2) is 4.39 Å². The fourth-order valence-electron chi connectivity index (χ4n) is 3.83. The molecule has 0 bridgehead atoms. The third-order valence-corrected chi connectivity index (χ3v) is 5.41. The van der Waals surface area contributed by atoms with E-state index in [2.05, 4.69) is 27.8 Å². The van der Waals surface area contributed by atoms with Gasteiger partial charge in [-0.05, 0) is 43.0 Å². The molecule has 1 unspecified atom stereocenters. The van der Waals surface area contributed by atoms with Crippen molar-refractivity contribution in [2.24, 2.45) is 16.1 Å². The Balaban J connectivity index is 1.75. The number of aldehydes is 1. The summed E-state index contributed by atoms with van der Waals surface area (Å²) in [5.74, 6) is -0.302. The van der Waals surface area contributed by atoms with E-state index in [1.807, 2.05) is 6.07 Å². The van der Waals surface area contributed by atoms with E-state index in [1.165, 1.54) is 12.3 Å². The van der Waals surface area contributed by atoms with Crippen molar-refractivity contribution in [3.63, 3.8) is 0 Å². The number of hydrogen-bond donors (Lipinski definition) is 3. The Hall–Kier alpha value is -2.73. The fourth-order valence-corrected chi connectivity index (χ4v) is 3.83. The lowest BCUT2D eigenvalue weighted by molar-refractivity contribution is -0.113. The topological polar surface area (TPSA) is 79.5 Å². The molecule has 4 N–H and O–H groups in total. The highest BCUT2D eigenvalue weighted by molar-refractivity contribution is 6.09. The number of aliphatic imine (C=N–C) groups is 1. The molecule has 1 aromatic carbocycles. The molecule has 1 aliphatic carbocycles. The summed E-state index contributed by atoms with van der Waals surface area (Å²) in [7, 11) is 1.65. The van der Waals surface area contributed by atoms with Gasteiger partial charge in [0.2, 0.25) is 0 Å².